The molecule has 106 valence electrons. The first-order valence-corrected chi connectivity index (χ1v) is 6.77. The van der Waals surface area contributed by atoms with Crippen molar-refractivity contribution < 1.29 is 9.53 Å². The summed E-state index contributed by atoms with van der Waals surface area (Å²) in [6, 6.07) is 3.91. The van der Waals surface area contributed by atoms with Crippen LogP contribution in [0.2, 0.25) is 0 Å². The second-order valence-electron chi connectivity index (χ2n) is 4.73. The average Bonchev–Trinajstić information content (AvgIpc) is 2.38. The van der Waals surface area contributed by atoms with Crippen LogP contribution < -0.4 is 15.4 Å². The molecule has 0 bridgehead atoms. The highest BCUT2D eigenvalue weighted by atomic mass is 16.5. The first-order chi connectivity index (χ1) is 9.06. The van der Waals surface area contributed by atoms with Crippen molar-refractivity contribution in [3.8, 4) is 5.75 Å². The summed E-state index contributed by atoms with van der Waals surface area (Å²) in [6.07, 6.45) is 2.06. The van der Waals surface area contributed by atoms with Gasteiger partial charge in [0.2, 0.25) is 0 Å². The van der Waals surface area contributed by atoms with Crippen LogP contribution in [0.4, 0.5) is 4.79 Å². The fourth-order valence-electron chi connectivity index (χ4n) is 1.76. The SMILES string of the molecule is CCCCNC(=O)NCOc1c(C)ccc(C)c1C. The van der Waals surface area contributed by atoms with Crippen molar-refractivity contribution in [3.63, 3.8) is 0 Å². The molecule has 0 unspecified atom stereocenters. The van der Waals surface area contributed by atoms with Crippen molar-refractivity contribution in [1.29, 1.82) is 0 Å². The molecule has 0 atom stereocenters. The van der Waals surface area contributed by atoms with E-state index in [2.05, 4.69) is 23.6 Å². The maximum absolute atomic E-state index is 11.4. The number of nitrogens with one attached hydrogen (secondary N) is 2. The van der Waals surface area contributed by atoms with Crippen molar-refractivity contribution >= 4 is 6.03 Å². The Morgan fingerprint density at radius 2 is 1.84 bits per heavy atom. The zero-order chi connectivity index (χ0) is 14.3. The van der Waals surface area contributed by atoms with E-state index in [9.17, 15) is 4.79 Å². The lowest BCUT2D eigenvalue weighted by Crippen LogP contribution is -2.38. The number of benzene rings is 1. The Morgan fingerprint density at radius 1 is 1.16 bits per heavy atom. The van der Waals surface area contributed by atoms with Crippen LogP contribution in [0.3, 0.4) is 0 Å². The molecular weight excluding hydrogens is 240 g/mol. The highest BCUT2D eigenvalue weighted by molar-refractivity contribution is 5.73. The Hall–Kier alpha value is -1.71. The monoisotopic (exact) mass is 264 g/mol. The van der Waals surface area contributed by atoms with E-state index in [1.807, 2.05) is 26.8 Å². The number of unbranched alkanes of at least 4 members (excludes halogenated alkanes) is 1. The third-order valence-corrected chi connectivity index (χ3v) is 3.14. The highest BCUT2D eigenvalue weighted by Gasteiger charge is 2.06. The molecule has 0 fully saturated rings. The zero-order valence-electron chi connectivity index (χ0n) is 12.3. The summed E-state index contributed by atoms with van der Waals surface area (Å²) in [5.74, 6) is 0.855. The average molecular weight is 264 g/mol. The van der Waals surface area contributed by atoms with Gasteiger partial charge in [-0.05, 0) is 43.9 Å². The number of hydrogen-bond donors (Lipinski definition) is 2. The van der Waals surface area contributed by atoms with Gasteiger partial charge in [-0.2, -0.15) is 0 Å². The van der Waals surface area contributed by atoms with Crippen LogP contribution in [0.25, 0.3) is 0 Å². The van der Waals surface area contributed by atoms with Gasteiger partial charge in [0.25, 0.3) is 0 Å². The molecule has 19 heavy (non-hydrogen) atoms. The molecule has 1 rings (SSSR count). The number of urea groups is 1. The smallest absolute Gasteiger partial charge is 0.317 e. The van der Waals surface area contributed by atoms with E-state index in [0.29, 0.717) is 6.54 Å². The summed E-state index contributed by atoms with van der Waals surface area (Å²) in [5.41, 5.74) is 3.39. The number of carbonyl (C=O) groups is 1. The van der Waals surface area contributed by atoms with Gasteiger partial charge in [-0.1, -0.05) is 25.5 Å². The molecular formula is C15H24N2O2. The minimum absolute atomic E-state index is 0.184. The quantitative estimate of drug-likeness (QED) is 0.613. The van der Waals surface area contributed by atoms with Crippen molar-refractivity contribution in [2.45, 2.75) is 40.5 Å². The van der Waals surface area contributed by atoms with E-state index in [1.165, 1.54) is 5.56 Å². The second-order valence-corrected chi connectivity index (χ2v) is 4.73. The molecule has 0 aliphatic heterocycles. The molecule has 0 aromatic heterocycles. The van der Waals surface area contributed by atoms with Crippen molar-refractivity contribution in [2.24, 2.45) is 0 Å². The molecule has 0 saturated carbocycles. The number of carbonyl (C=O) groups excluding carboxylic acids is 1. The van der Waals surface area contributed by atoms with E-state index < -0.39 is 0 Å². The van der Waals surface area contributed by atoms with Crippen LogP contribution in [0, 0.1) is 20.8 Å². The maximum atomic E-state index is 11.4. The summed E-state index contributed by atoms with van der Waals surface area (Å²) in [4.78, 5) is 11.4. The molecule has 4 heteroatoms. The van der Waals surface area contributed by atoms with Crippen LogP contribution in [0.5, 0.6) is 5.75 Å². The van der Waals surface area contributed by atoms with E-state index in [1.54, 1.807) is 0 Å². The molecule has 1 aromatic carbocycles. The third-order valence-electron chi connectivity index (χ3n) is 3.14. The van der Waals surface area contributed by atoms with Gasteiger partial charge in [0.1, 0.15) is 5.75 Å². The highest BCUT2D eigenvalue weighted by Crippen LogP contribution is 2.25. The Labute approximate surface area is 115 Å². The van der Waals surface area contributed by atoms with Crippen LogP contribution in [-0.4, -0.2) is 19.3 Å². The predicted molar refractivity (Wildman–Crippen MR) is 77.6 cm³/mol. The predicted octanol–water partition coefficient (Wildman–Crippen LogP) is 3.05. The van der Waals surface area contributed by atoms with E-state index in [4.69, 9.17) is 4.74 Å². The van der Waals surface area contributed by atoms with Crippen molar-refractivity contribution in [2.75, 3.05) is 13.3 Å². The van der Waals surface area contributed by atoms with Gasteiger partial charge in [0.05, 0.1) is 0 Å². The second kappa shape index (κ2) is 7.67. The Kier molecular flexibility index (Phi) is 6.19. The van der Waals surface area contributed by atoms with Crippen LogP contribution in [0.15, 0.2) is 12.1 Å². The number of ether oxygens (including phenoxy) is 1. The van der Waals surface area contributed by atoms with E-state index in [0.717, 1.165) is 29.7 Å². The lowest BCUT2D eigenvalue weighted by Gasteiger charge is -2.14. The molecule has 2 N–H and O–H groups in total. The van der Waals surface area contributed by atoms with Gasteiger partial charge < -0.3 is 15.4 Å². The molecule has 0 aliphatic rings. The Morgan fingerprint density at radius 3 is 2.53 bits per heavy atom. The summed E-state index contributed by atoms with van der Waals surface area (Å²) < 4.78 is 5.65. The normalized spacial score (nSPS) is 10.1. The fraction of sp³-hybridized carbons (Fsp3) is 0.533. The molecule has 1 aromatic rings. The van der Waals surface area contributed by atoms with Gasteiger partial charge in [0, 0.05) is 6.54 Å². The van der Waals surface area contributed by atoms with Crippen molar-refractivity contribution in [3.05, 3.63) is 28.8 Å². The van der Waals surface area contributed by atoms with Crippen LogP contribution in [0.1, 0.15) is 36.5 Å². The fourth-order valence-corrected chi connectivity index (χ4v) is 1.76. The summed E-state index contributed by atoms with van der Waals surface area (Å²) >= 11 is 0. The third kappa shape index (κ3) is 4.81. The Bertz CT molecular complexity index is 430. The number of amides is 2. The zero-order valence-corrected chi connectivity index (χ0v) is 12.3. The summed E-state index contributed by atoms with van der Waals surface area (Å²) in [6.45, 7) is 9.05. The first kappa shape index (κ1) is 15.3. The number of hydrogen-bond acceptors (Lipinski definition) is 2. The molecule has 0 heterocycles. The molecule has 0 spiro atoms. The lowest BCUT2D eigenvalue weighted by molar-refractivity contribution is 0.223. The van der Waals surface area contributed by atoms with E-state index in [-0.39, 0.29) is 12.8 Å². The standard InChI is InChI=1S/C15H24N2O2/c1-5-6-9-16-15(18)17-10-19-14-12(3)8-7-11(2)13(14)4/h7-8H,5-6,9-10H2,1-4H3,(H2,16,17,18). The summed E-state index contributed by atoms with van der Waals surface area (Å²) in [5, 5.41) is 5.47. The maximum Gasteiger partial charge on any atom is 0.317 e. The van der Waals surface area contributed by atoms with Crippen LogP contribution in [-0.2, 0) is 0 Å². The largest absolute Gasteiger partial charge is 0.473 e. The number of aryl methyl sites for hydroxylation is 2. The van der Waals surface area contributed by atoms with E-state index >= 15 is 0 Å². The molecule has 4 nitrogen and oxygen atoms in total. The van der Waals surface area contributed by atoms with Gasteiger partial charge in [-0.25, -0.2) is 4.79 Å². The Balaban J connectivity index is 2.41. The van der Waals surface area contributed by atoms with Gasteiger partial charge in [-0.15, -0.1) is 0 Å². The van der Waals surface area contributed by atoms with Gasteiger partial charge >= 0.3 is 6.03 Å². The minimum atomic E-state index is -0.184. The molecule has 0 aliphatic carbocycles. The summed E-state index contributed by atoms with van der Waals surface area (Å²) in [7, 11) is 0. The van der Waals surface area contributed by atoms with Crippen molar-refractivity contribution in [1.82, 2.24) is 10.6 Å². The minimum Gasteiger partial charge on any atom is -0.473 e. The topological polar surface area (TPSA) is 50.4 Å². The molecule has 0 radical (unpaired) electrons. The molecule has 0 saturated heterocycles. The number of rotatable bonds is 6. The lowest BCUT2D eigenvalue weighted by atomic mass is 10.1. The van der Waals surface area contributed by atoms with Gasteiger partial charge in [-0.3, -0.25) is 0 Å². The van der Waals surface area contributed by atoms with Gasteiger partial charge in [0.15, 0.2) is 6.73 Å². The molecule has 2 amide bonds. The van der Waals surface area contributed by atoms with Crippen LogP contribution >= 0.6 is 0 Å². The first-order valence-electron chi connectivity index (χ1n) is 6.77.